The van der Waals surface area contributed by atoms with Gasteiger partial charge in [-0.25, -0.2) is 0 Å². The molecule has 0 amide bonds. The van der Waals surface area contributed by atoms with Gasteiger partial charge in [0, 0.05) is 12.3 Å². The third-order valence-corrected chi connectivity index (χ3v) is 8.20. The van der Waals surface area contributed by atoms with E-state index >= 15 is 0 Å². The molecule has 1 N–H and O–H groups in total. The molecule has 0 radical (unpaired) electrons. The molecule has 0 aromatic rings. The summed E-state index contributed by atoms with van der Waals surface area (Å²) in [7, 11) is 0. The molecule has 1 saturated carbocycles. The Labute approximate surface area is 175 Å². The fourth-order valence-corrected chi connectivity index (χ4v) is 6.58. The van der Waals surface area contributed by atoms with E-state index in [1.807, 2.05) is 6.92 Å². The Morgan fingerprint density at radius 3 is 2.79 bits per heavy atom. The number of aliphatic hydroxyl groups excluding tert-OH is 1. The maximum atomic E-state index is 12.5. The average Bonchev–Trinajstić information content (AvgIpc) is 3.02. The molecule has 10 atom stereocenters. The molecule has 0 aromatic carbocycles. The zero-order valence-electron chi connectivity index (χ0n) is 18.4. The molecule has 3 saturated heterocycles. The Kier molecular flexibility index (Phi) is 5.86. The first-order valence-electron chi connectivity index (χ1n) is 11.6. The number of carbonyl (C=O) groups excluding carboxylic acids is 1. The Hall–Kier alpha value is -0.910. The first-order chi connectivity index (χ1) is 13.7. The number of hydrogen-bond donors (Lipinski definition) is 1. The molecule has 0 aromatic heterocycles. The van der Waals surface area contributed by atoms with E-state index in [9.17, 15) is 9.90 Å². The van der Waals surface area contributed by atoms with Crippen molar-refractivity contribution in [3.63, 3.8) is 0 Å². The lowest BCUT2D eigenvalue weighted by Crippen LogP contribution is -2.52. The third kappa shape index (κ3) is 3.68. The second-order valence-corrected chi connectivity index (χ2v) is 10.3. The zero-order chi connectivity index (χ0) is 20.9. The molecule has 164 valence electrons. The van der Waals surface area contributed by atoms with Gasteiger partial charge in [0.1, 0.15) is 6.10 Å². The second-order valence-electron chi connectivity index (χ2n) is 10.3. The van der Waals surface area contributed by atoms with Crippen LogP contribution in [0.4, 0.5) is 0 Å². The monoisotopic (exact) mass is 406 g/mol. The Balaban J connectivity index is 1.74. The quantitative estimate of drug-likeness (QED) is 0.569. The van der Waals surface area contributed by atoms with Crippen LogP contribution < -0.4 is 0 Å². The largest absolute Gasteiger partial charge is 0.462 e. The molecular formula is C24H38O5. The van der Waals surface area contributed by atoms with Crippen LogP contribution in [0.3, 0.4) is 0 Å². The van der Waals surface area contributed by atoms with Crippen molar-refractivity contribution in [3.8, 4) is 0 Å². The molecule has 3 aliphatic heterocycles. The number of esters is 1. The van der Waals surface area contributed by atoms with E-state index in [1.54, 1.807) is 0 Å². The highest BCUT2D eigenvalue weighted by atomic mass is 16.6. The summed E-state index contributed by atoms with van der Waals surface area (Å²) in [5.74, 6) is 1.60. The highest BCUT2D eigenvalue weighted by molar-refractivity contribution is 5.69. The second kappa shape index (κ2) is 7.97. The predicted molar refractivity (Wildman–Crippen MR) is 110 cm³/mol. The fourth-order valence-electron chi connectivity index (χ4n) is 6.58. The van der Waals surface area contributed by atoms with Crippen LogP contribution in [-0.2, 0) is 19.0 Å². The molecular weight excluding hydrogens is 368 g/mol. The van der Waals surface area contributed by atoms with Crippen molar-refractivity contribution in [1.82, 2.24) is 0 Å². The van der Waals surface area contributed by atoms with E-state index in [1.165, 1.54) is 0 Å². The normalized spacial score (nSPS) is 49.6. The molecule has 4 rings (SSSR count). The highest BCUT2D eigenvalue weighted by Crippen LogP contribution is 2.57. The number of fused-ring (bicyclic) bond motifs is 2. The maximum Gasteiger partial charge on any atom is 0.306 e. The van der Waals surface area contributed by atoms with Crippen LogP contribution in [0.15, 0.2) is 12.2 Å². The molecule has 4 fully saturated rings. The highest BCUT2D eigenvalue weighted by Gasteiger charge is 2.63. The van der Waals surface area contributed by atoms with Crippen LogP contribution in [0.25, 0.3) is 0 Å². The van der Waals surface area contributed by atoms with Gasteiger partial charge in [0.2, 0.25) is 0 Å². The Bertz CT molecular complexity index is 647. The number of hydrogen-bond acceptors (Lipinski definition) is 5. The van der Waals surface area contributed by atoms with Gasteiger partial charge in [-0.15, -0.1) is 0 Å². The topological polar surface area (TPSA) is 65.0 Å². The van der Waals surface area contributed by atoms with Gasteiger partial charge in [-0.3, -0.25) is 4.79 Å². The van der Waals surface area contributed by atoms with Crippen molar-refractivity contribution in [2.75, 3.05) is 6.61 Å². The summed E-state index contributed by atoms with van der Waals surface area (Å²) in [6, 6.07) is 0. The molecule has 0 spiro atoms. The number of carbonyl (C=O) groups is 1. The van der Waals surface area contributed by atoms with Crippen molar-refractivity contribution in [2.45, 2.75) is 96.2 Å². The van der Waals surface area contributed by atoms with E-state index in [0.717, 1.165) is 31.4 Å². The Morgan fingerprint density at radius 1 is 1.31 bits per heavy atom. The molecule has 3 heterocycles. The number of ether oxygens (including phenoxy) is 3. The van der Waals surface area contributed by atoms with Crippen molar-refractivity contribution < 1.29 is 24.1 Å². The van der Waals surface area contributed by atoms with Gasteiger partial charge in [0.15, 0.2) is 0 Å². The standard InChI is InChI=1S/C24H38O5/c1-6-7-19(26)29-22-14(3)10-16-15(4)12-27-24(5)9-8-17(25)13(2)11-18-21(22)20(16)23(24)28-18/h14-18,20-23,25H,2,6-12H2,1,3-5H3/t14-,15+,16+,17+,18+,20+,21+,22-,23+,24+/m1/s1. The van der Waals surface area contributed by atoms with Gasteiger partial charge in [-0.05, 0) is 68.3 Å². The SMILES string of the molecule is C=C1C[C@@H]2O[C@H]3[C@H]4[C@@H](C[C@@H](C)[C@@H](OC(=O)CCC)[C@H]42)[C@@H](C)CO[C@@]3(C)CC[C@@H]1O. The lowest BCUT2D eigenvalue weighted by Gasteiger charge is -2.46. The molecule has 5 nitrogen and oxygen atoms in total. The minimum absolute atomic E-state index is 0.0228. The van der Waals surface area contributed by atoms with Gasteiger partial charge in [-0.2, -0.15) is 0 Å². The lowest BCUT2D eigenvalue weighted by atomic mass is 9.59. The summed E-state index contributed by atoms with van der Waals surface area (Å²) >= 11 is 0. The van der Waals surface area contributed by atoms with Crippen LogP contribution in [0.5, 0.6) is 0 Å². The molecule has 4 aliphatic rings. The summed E-state index contributed by atoms with van der Waals surface area (Å²) in [5.41, 5.74) is 0.407. The van der Waals surface area contributed by atoms with E-state index in [2.05, 4.69) is 27.4 Å². The molecule has 29 heavy (non-hydrogen) atoms. The molecule has 0 unspecified atom stereocenters. The molecule has 5 heteroatoms. The smallest absolute Gasteiger partial charge is 0.306 e. The maximum absolute atomic E-state index is 12.5. The zero-order valence-corrected chi connectivity index (χ0v) is 18.4. The van der Waals surface area contributed by atoms with Crippen molar-refractivity contribution >= 4 is 5.97 Å². The molecule has 2 bridgehead atoms. The summed E-state index contributed by atoms with van der Waals surface area (Å²) in [6.07, 6.45) is 3.57. The Morgan fingerprint density at radius 2 is 2.07 bits per heavy atom. The third-order valence-electron chi connectivity index (χ3n) is 8.20. The van der Waals surface area contributed by atoms with E-state index in [-0.39, 0.29) is 30.2 Å². The van der Waals surface area contributed by atoms with Gasteiger partial charge >= 0.3 is 5.97 Å². The van der Waals surface area contributed by atoms with Gasteiger partial charge in [-0.1, -0.05) is 27.4 Å². The van der Waals surface area contributed by atoms with Crippen molar-refractivity contribution in [2.24, 2.45) is 29.6 Å². The summed E-state index contributed by atoms with van der Waals surface area (Å²) in [5, 5.41) is 10.6. The summed E-state index contributed by atoms with van der Waals surface area (Å²) in [4.78, 5) is 12.5. The number of aliphatic hydroxyl groups is 1. The fraction of sp³-hybridized carbons (Fsp3) is 0.875. The van der Waals surface area contributed by atoms with Gasteiger partial charge in [0.05, 0.1) is 30.5 Å². The van der Waals surface area contributed by atoms with E-state index in [4.69, 9.17) is 14.2 Å². The minimum atomic E-state index is -0.532. The van der Waals surface area contributed by atoms with Gasteiger partial charge in [0.25, 0.3) is 0 Å². The van der Waals surface area contributed by atoms with Crippen LogP contribution in [-0.4, -0.2) is 47.7 Å². The average molecular weight is 407 g/mol. The minimum Gasteiger partial charge on any atom is -0.462 e. The molecule has 1 aliphatic carbocycles. The van der Waals surface area contributed by atoms with E-state index in [0.29, 0.717) is 42.9 Å². The summed E-state index contributed by atoms with van der Waals surface area (Å²) < 4.78 is 19.4. The predicted octanol–water partition coefficient (Wildman–Crippen LogP) is 3.88. The lowest BCUT2D eigenvalue weighted by molar-refractivity contribution is -0.163. The van der Waals surface area contributed by atoms with Crippen LogP contribution >= 0.6 is 0 Å². The van der Waals surface area contributed by atoms with Crippen LogP contribution in [0.1, 0.15) is 66.2 Å². The van der Waals surface area contributed by atoms with Gasteiger partial charge < -0.3 is 19.3 Å². The first kappa shape index (κ1) is 21.3. The van der Waals surface area contributed by atoms with Crippen LogP contribution in [0.2, 0.25) is 0 Å². The van der Waals surface area contributed by atoms with Crippen molar-refractivity contribution in [3.05, 3.63) is 12.2 Å². The number of rotatable bonds is 3. The van der Waals surface area contributed by atoms with Crippen LogP contribution in [0, 0.1) is 29.6 Å². The summed E-state index contributed by atoms with van der Waals surface area (Å²) in [6.45, 7) is 13.6. The first-order valence-corrected chi connectivity index (χ1v) is 11.6. The van der Waals surface area contributed by atoms with Crippen molar-refractivity contribution in [1.29, 1.82) is 0 Å². The van der Waals surface area contributed by atoms with E-state index < -0.39 is 11.7 Å².